The molecule has 0 heterocycles. The molecule has 0 aliphatic heterocycles. The van der Waals surface area contributed by atoms with Crippen molar-refractivity contribution in [1.29, 1.82) is 0 Å². The van der Waals surface area contributed by atoms with Gasteiger partial charge in [0.25, 0.3) is 5.69 Å². The molecule has 1 amide bonds. The minimum absolute atomic E-state index is 0.0435. The summed E-state index contributed by atoms with van der Waals surface area (Å²) in [6, 6.07) is 8.73. The second kappa shape index (κ2) is 8.45. The lowest BCUT2D eigenvalue weighted by Gasteiger charge is -2.28. The Labute approximate surface area is 161 Å². The summed E-state index contributed by atoms with van der Waals surface area (Å²) in [4.78, 5) is 22.7. The number of benzene rings is 2. The van der Waals surface area contributed by atoms with Gasteiger partial charge in [0.05, 0.1) is 16.2 Å². The SMILES string of the molecule is Cc1c(NC(=O)CCNC(C)(C)c2ccc(F)cc2Cl)cccc1[N+](=O)[O-]. The van der Waals surface area contributed by atoms with Crippen LogP contribution in [0.5, 0.6) is 0 Å². The molecule has 8 heteroatoms. The molecule has 27 heavy (non-hydrogen) atoms. The second-order valence-electron chi connectivity index (χ2n) is 6.68. The Kier molecular flexibility index (Phi) is 6.51. The topological polar surface area (TPSA) is 84.3 Å². The van der Waals surface area contributed by atoms with Crippen molar-refractivity contribution >= 4 is 28.9 Å². The number of anilines is 1. The number of nitro groups is 1. The van der Waals surface area contributed by atoms with Crippen molar-refractivity contribution in [2.45, 2.75) is 32.7 Å². The summed E-state index contributed by atoms with van der Waals surface area (Å²) in [6.07, 6.45) is 0.157. The lowest BCUT2D eigenvalue weighted by molar-refractivity contribution is -0.385. The summed E-state index contributed by atoms with van der Waals surface area (Å²) in [5.74, 6) is -0.682. The molecule has 2 rings (SSSR count). The number of carbonyl (C=O) groups is 1. The third-order valence-corrected chi connectivity index (χ3v) is 4.61. The van der Waals surface area contributed by atoms with E-state index in [4.69, 9.17) is 11.6 Å². The van der Waals surface area contributed by atoms with Crippen LogP contribution >= 0.6 is 11.6 Å². The van der Waals surface area contributed by atoms with Crippen LogP contribution < -0.4 is 10.6 Å². The maximum absolute atomic E-state index is 13.2. The van der Waals surface area contributed by atoms with Crippen LogP contribution in [-0.2, 0) is 10.3 Å². The van der Waals surface area contributed by atoms with Crippen molar-refractivity contribution in [3.05, 3.63) is 68.5 Å². The molecule has 0 aliphatic carbocycles. The van der Waals surface area contributed by atoms with E-state index in [0.717, 1.165) is 5.56 Å². The van der Waals surface area contributed by atoms with Crippen LogP contribution in [0.2, 0.25) is 5.02 Å². The molecule has 0 spiro atoms. The van der Waals surface area contributed by atoms with Gasteiger partial charge in [0.15, 0.2) is 0 Å². The third-order valence-electron chi connectivity index (χ3n) is 4.30. The van der Waals surface area contributed by atoms with E-state index in [2.05, 4.69) is 10.6 Å². The van der Waals surface area contributed by atoms with Crippen LogP contribution in [-0.4, -0.2) is 17.4 Å². The monoisotopic (exact) mass is 393 g/mol. The number of nitrogens with one attached hydrogen (secondary N) is 2. The van der Waals surface area contributed by atoms with Crippen molar-refractivity contribution in [1.82, 2.24) is 5.32 Å². The summed E-state index contributed by atoms with van der Waals surface area (Å²) < 4.78 is 13.2. The molecule has 0 aliphatic rings. The number of hydrogen-bond acceptors (Lipinski definition) is 4. The maximum Gasteiger partial charge on any atom is 0.274 e. The van der Waals surface area contributed by atoms with Crippen molar-refractivity contribution in [3.63, 3.8) is 0 Å². The predicted octanol–water partition coefficient (Wildman–Crippen LogP) is 4.55. The fourth-order valence-corrected chi connectivity index (χ4v) is 3.15. The Bertz CT molecular complexity index is 871. The molecule has 144 valence electrons. The standard InChI is InChI=1S/C19H21ClFN3O3/c1-12-16(5-4-6-17(12)24(26)27)23-18(25)9-10-22-19(2,3)14-8-7-13(21)11-15(14)20/h4-8,11,22H,9-10H2,1-3H3,(H,23,25). The minimum Gasteiger partial charge on any atom is -0.326 e. The Hall–Kier alpha value is -2.51. The Morgan fingerprint density at radius 2 is 2.00 bits per heavy atom. The van der Waals surface area contributed by atoms with Crippen molar-refractivity contribution in [2.24, 2.45) is 0 Å². The Morgan fingerprint density at radius 1 is 1.30 bits per heavy atom. The number of hydrogen-bond donors (Lipinski definition) is 2. The molecule has 2 aromatic carbocycles. The molecule has 0 atom stereocenters. The Balaban J connectivity index is 1.96. The molecule has 0 saturated carbocycles. The largest absolute Gasteiger partial charge is 0.326 e. The summed E-state index contributed by atoms with van der Waals surface area (Å²) in [5.41, 5.74) is 0.933. The normalized spacial score (nSPS) is 11.3. The molecule has 0 aromatic heterocycles. The Morgan fingerprint density at radius 3 is 2.63 bits per heavy atom. The molecule has 2 N–H and O–H groups in total. The van der Waals surface area contributed by atoms with E-state index in [1.165, 1.54) is 24.3 Å². The molecule has 0 unspecified atom stereocenters. The van der Waals surface area contributed by atoms with E-state index in [-0.39, 0.29) is 18.0 Å². The predicted molar refractivity (Wildman–Crippen MR) is 104 cm³/mol. The van der Waals surface area contributed by atoms with Gasteiger partial charge >= 0.3 is 0 Å². The molecule has 0 fully saturated rings. The molecule has 0 bridgehead atoms. The first-order chi connectivity index (χ1) is 12.6. The van der Waals surface area contributed by atoms with Crippen LogP contribution in [0.15, 0.2) is 36.4 Å². The molecule has 6 nitrogen and oxygen atoms in total. The number of rotatable bonds is 7. The van der Waals surface area contributed by atoms with Crippen molar-refractivity contribution in [3.8, 4) is 0 Å². The number of nitrogens with zero attached hydrogens (tertiary/aromatic N) is 1. The average Bonchev–Trinajstić information content (AvgIpc) is 2.56. The molecular weight excluding hydrogens is 373 g/mol. The highest BCUT2D eigenvalue weighted by Gasteiger charge is 2.23. The van der Waals surface area contributed by atoms with Crippen LogP contribution in [0.1, 0.15) is 31.4 Å². The number of nitro benzene ring substituents is 1. The molecule has 0 radical (unpaired) electrons. The van der Waals surface area contributed by atoms with Gasteiger partial charge in [-0.3, -0.25) is 14.9 Å². The zero-order valence-corrected chi connectivity index (χ0v) is 16.1. The summed E-state index contributed by atoms with van der Waals surface area (Å²) in [5, 5.41) is 17.2. The van der Waals surface area contributed by atoms with Gasteiger partial charge in [-0.2, -0.15) is 0 Å². The lowest BCUT2D eigenvalue weighted by Crippen LogP contribution is -2.38. The van der Waals surface area contributed by atoms with E-state index in [0.29, 0.717) is 22.8 Å². The highest BCUT2D eigenvalue weighted by atomic mass is 35.5. The van der Waals surface area contributed by atoms with Gasteiger partial charge in [-0.25, -0.2) is 4.39 Å². The van der Waals surface area contributed by atoms with Crippen molar-refractivity contribution in [2.75, 3.05) is 11.9 Å². The highest BCUT2D eigenvalue weighted by molar-refractivity contribution is 6.31. The average molecular weight is 394 g/mol. The van der Waals surface area contributed by atoms with E-state index in [1.54, 1.807) is 19.1 Å². The third kappa shape index (κ3) is 5.24. The van der Waals surface area contributed by atoms with Crippen LogP contribution in [0.25, 0.3) is 0 Å². The van der Waals surface area contributed by atoms with Crippen LogP contribution in [0, 0.1) is 22.9 Å². The van der Waals surface area contributed by atoms with Crippen LogP contribution in [0.4, 0.5) is 15.8 Å². The first kappa shape index (κ1) is 20.8. The van der Waals surface area contributed by atoms with Gasteiger partial charge in [-0.15, -0.1) is 0 Å². The maximum atomic E-state index is 13.2. The minimum atomic E-state index is -0.563. The lowest BCUT2D eigenvalue weighted by atomic mass is 9.94. The first-order valence-corrected chi connectivity index (χ1v) is 8.74. The summed E-state index contributed by atoms with van der Waals surface area (Å²) in [7, 11) is 0. The fraction of sp³-hybridized carbons (Fsp3) is 0.316. The molecule has 2 aromatic rings. The number of amides is 1. The first-order valence-electron chi connectivity index (χ1n) is 8.36. The van der Waals surface area contributed by atoms with Gasteiger partial charge < -0.3 is 10.6 Å². The molecule has 0 saturated heterocycles. The highest BCUT2D eigenvalue weighted by Crippen LogP contribution is 2.28. The molecular formula is C19H21ClFN3O3. The zero-order valence-electron chi connectivity index (χ0n) is 15.3. The number of halogens is 2. The van der Waals surface area contributed by atoms with E-state index >= 15 is 0 Å². The zero-order chi connectivity index (χ0) is 20.2. The van der Waals surface area contributed by atoms with E-state index < -0.39 is 16.3 Å². The summed E-state index contributed by atoms with van der Waals surface area (Å²) >= 11 is 6.11. The van der Waals surface area contributed by atoms with E-state index in [1.807, 2.05) is 13.8 Å². The smallest absolute Gasteiger partial charge is 0.274 e. The fourth-order valence-electron chi connectivity index (χ4n) is 2.75. The van der Waals surface area contributed by atoms with Gasteiger partial charge in [0.1, 0.15) is 5.82 Å². The van der Waals surface area contributed by atoms with E-state index in [9.17, 15) is 19.3 Å². The van der Waals surface area contributed by atoms with Crippen LogP contribution in [0.3, 0.4) is 0 Å². The van der Waals surface area contributed by atoms with Gasteiger partial charge in [-0.1, -0.05) is 23.7 Å². The summed E-state index contributed by atoms with van der Waals surface area (Å²) in [6.45, 7) is 5.70. The van der Waals surface area contributed by atoms with Gasteiger partial charge in [0, 0.05) is 29.6 Å². The number of carbonyl (C=O) groups excluding carboxylic acids is 1. The quantitative estimate of drug-likeness (QED) is 0.534. The van der Waals surface area contributed by atoms with Crippen molar-refractivity contribution < 1.29 is 14.1 Å². The second-order valence-corrected chi connectivity index (χ2v) is 7.09. The van der Waals surface area contributed by atoms with Gasteiger partial charge in [-0.05, 0) is 44.5 Å². The van der Waals surface area contributed by atoms with Gasteiger partial charge in [0.2, 0.25) is 5.91 Å².